The van der Waals surface area contributed by atoms with Gasteiger partial charge in [-0.05, 0) is 48.1 Å². The van der Waals surface area contributed by atoms with Crippen LogP contribution in [0.5, 0.6) is 11.5 Å². The van der Waals surface area contributed by atoms with Crippen molar-refractivity contribution in [2.45, 2.75) is 51.7 Å². The summed E-state index contributed by atoms with van der Waals surface area (Å²) in [6.07, 6.45) is 6.84. The number of hydrogen-bond acceptors (Lipinski definition) is 5. The van der Waals surface area contributed by atoms with Crippen molar-refractivity contribution in [2.75, 3.05) is 19.8 Å². The third-order valence-electron chi connectivity index (χ3n) is 5.63. The minimum Gasteiger partial charge on any atom is -0.490 e. The molecule has 1 unspecified atom stereocenters. The van der Waals surface area contributed by atoms with Gasteiger partial charge in [-0.3, -0.25) is 14.7 Å². The van der Waals surface area contributed by atoms with Gasteiger partial charge in [-0.1, -0.05) is 26.0 Å². The molecule has 1 atom stereocenters. The lowest BCUT2D eigenvalue weighted by Crippen LogP contribution is -2.41. The molecule has 1 aromatic carbocycles. The van der Waals surface area contributed by atoms with Crippen LogP contribution in [0.2, 0.25) is 0 Å². The van der Waals surface area contributed by atoms with Gasteiger partial charge in [0.15, 0.2) is 11.5 Å². The van der Waals surface area contributed by atoms with E-state index in [0.29, 0.717) is 25.8 Å². The highest BCUT2D eigenvalue weighted by Gasteiger charge is 2.31. The van der Waals surface area contributed by atoms with Crippen LogP contribution in [0.4, 0.5) is 0 Å². The maximum atomic E-state index is 13.0. The Morgan fingerprint density at radius 3 is 2.70 bits per heavy atom. The van der Waals surface area contributed by atoms with Crippen LogP contribution in [0.15, 0.2) is 42.7 Å². The van der Waals surface area contributed by atoms with Crippen LogP contribution >= 0.6 is 0 Å². The largest absolute Gasteiger partial charge is 0.490 e. The summed E-state index contributed by atoms with van der Waals surface area (Å²) in [6.45, 7) is 6.73. The van der Waals surface area contributed by atoms with Crippen LogP contribution in [-0.2, 0) is 11.3 Å². The van der Waals surface area contributed by atoms with E-state index in [1.807, 2.05) is 30.5 Å². The van der Waals surface area contributed by atoms with Gasteiger partial charge in [-0.25, -0.2) is 0 Å². The zero-order chi connectivity index (χ0) is 20.9. The van der Waals surface area contributed by atoms with Crippen LogP contribution in [-0.4, -0.2) is 41.6 Å². The number of aromatic nitrogens is 1. The predicted molar refractivity (Wildman–Crippen MR) is 115 cm³/mol. The lowest BCUT2D eigenvalue weighted by atomic mass is 9.95. The molecule has 0 radical (unpaired) electrons. The highest BCUT2D eigenvalue weighted by Crippen LogP contribution is 2.34. The number of hydrogen-bond donors (Lipinski definition) is 1. The summed E-state index contributed by atoms with van der Waals surface area (Å²) in [5.74, 6) is 1.85. The van der Waals surface area contributed by atoms with Gasteiger partial charge in [0.05, 0.1) is 25.8 Å². The fraction of sp³-hybridized carbons (Fsp3) is 0.500. The van der Waals surface area contributed by atoms with Crippen molar-refractivity contribution in [3.8, 4) is 11.5 Å². The average Bonchev–Trinajstić information content (AvgIpc) is 3.59. The molecular weight excluding hydrogens is 378 g/mol. The molecule has 1 fully saturated rings. The third kappa shape index (κ3) is 5.30. The van der Waals surface area contributed by atoms with Crippen molar-refractivity contribution in [3.63, 3.8) is 0 Å². The number of amides is 1. The number of benzene rings is 1. The number of carbonyl (C=O) groups is 1. The Hall–Kier alpha value is -2.60. The van der Waals surface area contributed by atoms with Crippen LogP contribution in [0, 0.1) is 5.92 Å². The van der Waals surface area contributed by atoms with E-state index >= 15 is 0 Å². The zero-order valence-electron chi connectivity index (χ0n) is 17.8. The number of pyridine rings is 1. The summed E-state index contributed by atoms with van der Waals surface area (Å²) < 4.78 is 11.6. The summed E-state index contributed by atoms with van der Waals surface area (Å²) in [4.78, 5) is 19.4. The van der Waals surface area contributed by atoms with Gasteiger partial charge in [-0.15, -0.1) is 0 Å². The fourth-order valence-electron chi connectivity index (χ4n) is 3.89. The Morgan fingerprint density at radius 2 is 2.00 bits per heavy atom. The smallest absolute Gasteiger partial charge is 0.234 e. The first-order chi connectivity index (χ1) is 14.6. The number of fused-ring (bicyclic) bond motifs is 1. The van der Waals surface area contributed by atoms with Crippen molar-refractivity contribution in [3.05, 3.63) is 53.9 Å². The molecule has 4 rings (SSSR count). The van der Waals surface area contributed by atoms with E-state index in [1.165, 1.54) is 0 Å². The minimum absolute atomic E-state index is 0.0524. The third-order valence-corrected chi connectivity index (χ3v) is 5.63. The minimum atomic E-state index is -0.0749. The molecule has 1 aromatic heterocycles. The molecule has 0 bridgehead atoms. The molecule has 2 heterocycles. The van der Waals surface area contributed by atoms with Crippen molar-refractivity contribution < 1.29 is 14.3 Å². The fourth-order valence-corrected chi connectivity index (χ4v) is 3.89. The van der Waals surface area contributed by atoms with Crippen LogP contribution in [0.1, 0.15) is 50.3 Å². The number of nitrogens with one attached hydrogen (secondary N) is 1. The van der Waals surface area contributed by atoms with E-state index in [0.717, 1.165) is 48.4 Å². The Labute approximate surface area is 178 Å². The maximum absolute atomic E-state index is 13.0. The average molecular weight is 410 g/mol. The molecule has 160 valence electrons. The molecule has 2 aromatic rings. The summed E-state index contributed by atoms with van der Waals surface area (Å²) in [7, 11) is 0. The first kappa shape index (κ1) is 20.7. The van der Waals surface area contributed by atoms with Gasteiger partial charge in [0.2, 0.25) is 5.91 Å². The summed E-state index contributed by atoms with van der Waals surface area (Å²) in [5, 5.41) is 3.26. The molecule has 6 nitrogen and oxygen atoms in total. The second-order valence-electron chi connectivity index (χ2n) is 8.54. The second kappa shape index (κ2) is 9.47. The SMILES string of the molecule is CC(C)C(NC(=O)CN(Cc1cccnc1)C1CC1)c1ccc2c(c1)OCCCO2. The first-order valence-electron chi connectivity index (χ1n) is 10.9. The Balaban J connectivity index is 1.43. The molecule has 2 aliphatic rings. The molecule has 0 spiro atoms. The second-order valence-corrected chi connectivity index (χ2v) is 8.54. The molecule has 1 amide bonds. The van der Waals surface area contributed by atoms with E-state index in [-0.39, 0.29) is 17.9 Å². The van der Waals surface area contributed by atoms with Crippen LogP contribution < -0.4 is 14.8 Å². The van der Waals surface area contributed by atoms with E-state index in [2.05, 4.69) is 35.1 Å². The van der Waals surface area contributed by atoms with Gasteiger partial charge in [0.25, 0.3) is 0 Å². The van der Waals surface area contributed by atoms with E-state index < -0.39 is 0 Å². The van der Waals surface area contributed by atoms with Crippen molar-refractivity contribution in [2.24, 2.45) is 5.92 Å². The zero-order valence-corrected chi connectivity index (χ0v) is 17.8. The number of rotatable bonds is 8. The Kier molecular flexibility index (Phi) is 6.53. The Morgan fingerprint density at radius 1 is 1.20 bits per heavy atom. The van der Waals surface area contributed by atoms with Gasteiger partial charge in [-0.2, -0.15) is 0 Å². The van der Waals surface area contributed by atoms with Gasteiger partial charge in [0.1, 0.15) is 0 Å². The summed E-state index contributed by atoms with van der Waals surface area (Å²) in [6, 6.07) is 10.4. The van der Waals surface area contributed by atoms with E-state index in [9.17, 15) is 4.79 Å². The van der Waals surface area contributed by atoms with Gasteiger partial charge < -0.3 is 14.8 Å². The lowest BCUT2D eigenvalue weighted by Gasteiger charge is -2.27. The number of ether oxygens (including phenoxy) is 2. The molecular formula is C24H31N3O3. The monoisotopic (exact) mass is 409 g/mol. The molecule has 0 saturated heterocycles. The molecule has 30 heavy (non-hydrogen) atoms. The highest BCUT2D eigenvalue weighted by molar-refractivity contribution is 5.78. The van der Waals surface area contributed by atoms with Crippen molar-refractivity contribution in [1.82, 2.24) is 15.2 Å². The van der Waals surface area contributed by atoms with E-state index in [1.54, 1.807) is 6.20 Å². The Bertz CT molecular complexity index is 852. The van der Waals surface area contributed by atoms with Crippen LogP contribution in [0.25, 0.3) is 0 Å². The summed E-state index contributed by atoms with van der Waals surface area (Å²) >= 11 is 0. The summed E-state index contributed by atoms with van der Waals surface area (Å²) in [5.41, 5.74) is 2.19. The van der Waals surface area contributed by atoms with E-state index in [4.69, 9.17) is 9.47 Å². The number of nitrogens with zero attached hydrogens (tertiary/aromatic N) is 2. The molecule has 1 saturated carbocycles. The van der Waals surface area contributed by atoms with Crippen molar-refractivity contribution >= 4 is 5.91 Å². The van der Waals surface area contributed by atoms with Gasteiger partial charge >= 0.3 is 0 Å². The molecule has 1 aliphatic carbocycles. The first-order valence-corrected chi connectivity index (χ1v) is 10.9. The van der Waals surface area contributed by atoms with Gasteiger partial charge in [0, 0.05) is 31.4 Å². The topological polar surface area (TPSA) is 63.7 Å². The van der Waals surface area contributed by atoms with Crippen LogP contribution in [0.3, 0.4) is 0 Å². The number of carbonyl (C=O) groups excluding carboxylic acids is 1. The molecule has 6 heteroatoms. The molecule has 1 N–H and O–H groups in total. The highest BCUT2D eigenvalue weighted by atomic mass is 16.5. The maximum Gasteiger partial charge on any atom is 0.234 e. The predicted octanol–water partition coefficient (Wildman–Crippen LogP) is 3.72. The standard InChI is InChI=1S/C24H31N3O3/c1-17(2)24(19-6-9-21-22(13-19)30-12-4-11-29-21)26-23(28)16-27(20-7-8-20)15-18-5-3-10-25-14-18/h3,5-6,9-10,13-14,17,20,24H,4,7-8,11-12,15-16H2,1-2H3,(H,26,28). The molecule has 1 aliphatic heterocycles. The normalized spacial score (nSPS) is 16.9. The quantitative estimate of drug-likeness (QED) is 0.720. The lowest BCUT2D eigenvalue weighted by molar-refractivity contribution is -0.123. The van der Waals surface area contributed by atoms with Crippen molar-refractivity contribution in [1.29, 1.82) is 0 Å².